The van der Waals surface area contributed by atoms with Crippen LogP contribution in [0, 0.1) is 11.8 Å². The highest BCUT2D eigenvalue weighted by Gasteiger charge is 2.32. The molecule has 1 amide bonds. The molecule has 1 aromatic rings. The van der Waals surface area contributed by atoms with Crippen LogP contribution in [0.15, 0.2) is 24.3 Å². The number of carbonyl (C=O) groups is 1. The Morgan fingerprint density at radius 3 is 2.82 bits per heavy atom. The van der Waals surface area contributed by atoms with Gasteiger partial charge in [0.1, 0.15) is 0 Å². The summed E-state index contributed by atoms with van der Waals surface area (Å²) in [6, 6.07) is 7.72. The topological polar surface area (TPSA) is 55.1 Å². The Bertz CT molecular complexity index is 403. The van der Waals surface area contributed by atoms with E-state index in [2.05, 4.69) is 12.2 Å². The molecule has 1 aliphatic carbocycles. The number of benzene rings is 1. The van der Waals surface area contributed by atoms with Crippen LogP contribution in [-0.2, 0) is 11.2 Å². The zero-order valence-electron chi connectivity index (χ0n) is 10.3. The molecule has 0 saturated heterocycles. The molecule has 0 aliphatic heterocycles. The Hall–Kier alpha value is -1.51. The zero-order valence-corrected chi connectivity index (χ0v) is 10.3. The van der Waals surface area contributed by atoms with Gasteiger partial charge in [-0.25, -0.2) is 0 Å². The standard InChI is InChI=1S/C14H20N2O/c1-10-8-12(10)9-16-14(17)7-6-11-4-2-3-5-13(11)15/h2-5,10,12H,6-9,15H2,1H3,(H,16,17). The maximum atomic E-state index is 11.6. The Labute approximate surface area is 102 Å². The summed E-state index contributed by atoms with van der Waals surface area (Å²) in [4.78, 5) is 11.6. The fourth-order valence-electron chi connectivity index (χ4n) is 2.03. The van der Waals surface area contributed by atoms with Gasteiger partial charge < -0.3 is 11.1 Å². The van der Waals surface area contributed by atoms with Crippen molar-refractivity contribution in [2.75, 3.05) is 12.3 Å². The largest absolute Gasteiger partial charge is 0.399 e. The first-order valence-corrected chi connectivity index (χ1v) is 6.27. The number of carbonyl (C=O) groups excluding carboxylic acids is 1. The van der Waals surface area contributed by atoms with Crippen LogP contribution in [0.3, 0.4) is 0 Å². The average Bonchev–Trinajstić information content (AvgIpc) is 3.02. The molecule has 0 bridgehead atoms. The minimum absolute atomic E-state index is 0.132. The highest BCUT2D eigenvalue weighted by Crippen LogP contribution is 2.36. The first-order valence-electron chi connectivity index (χ1n) is 6.27. The molecule has 17 heavy (non-hydrogen) atoms. The Morgan fingerprint density at radius 2 is 2.18 bits per heavy atom. The van der Waals surface area contributed by atoms with Gasteiger partial charge in [0.15, 0.2) is 0 Å². The second-order valence-corrected chi connectivity index (χ2v) is 4.98. The van der Waals surface area contributed by atoms with E-state index in [1.165, 1.54) is 6.42 Å². The van der Waals surface area contributed by atoms with Crippen molar-refractivity contribution < 1.29 is 4.79 Å². The quantitative estimate of drug-likeness (QED) is 0.763. The van der Waals surface area contributed by atoms with E-state index in [4.69, 9.17) is 5.73 Å². The van der Waals surface area contributed by atoms with Crippen molar-refractivity contribution in [2.45, 2.75) is 26.2 Å². The molecule has 3 N–H and O–H groups in total. The fraction of sp³-hybridized carbons (Fsp3) is 0.500. The van der Waals surface area contributed by atoms with Crippen molar-refractivity contribution in [3.05, 3.63) is 29.8 Å². The number of anilines is 1. The number of hydrogen-bond acceptors (Lipinski definition) is 2. The number of nitrogen functional groups attached to an aromatic ring is 1. The first-order chi connectivity index (χ1) is 8.16. The lowest BCUT2D eigenvalue weighted by Gasteiger charge is -2.06. The van der Waals surface area contributed by atoms with Gasteiger partial charge in [-0.3, -0.25) is 4.79 Å². The molecule has 92 valence electrons. The maximum Gasteiger partial charge on any atom is 0.220 e. The van der Waals surface area contributed by atoms with Gasteiger partial charge in [0.05, 0.1) is 0 Å². The molecule has 3 nitrogen and oxygen atoms in total. The summed E-state index contributed by atoms with van der Waals surface area (Å²) in [5, 5.41) is 2.98. The van der Waals surface area contributed by atoms with E-state index >= 15 is 0 Å². The SMILES string of the molecule is CC1CC1CNC(=O)CCc1ccccc1N. The monoisotopic (exact) mass is 232 g/mol. The summed E-state index contributed by atoms with van der Waals surface area (Å²) < 4.78 is 0. The zero-order chi connectivity index (χ0) is 12.3. The molecule has 1 fully saturated rings. The van der Waals surface area contributed by atoms with E-state index < -0.39 is 0 Å². The van der Waals surface area contributed by atoms with Crippen LogP contribution in [0.25, 0.3) is 0 Å². The number of amides is 1. The van der Waals surface area contributed by atoms with Gasteiger partial charge in [-0.15, -0.1) is 0 Å². The van der Waals surface area contributed by atoms with Crippen molar-refractivity contribution in [1.82, 2.24) is 5.32 Å². The number of aryl methyl sites for hydroxylation is 1. The summed E-state index contributed by atoms with van der Waals surface area (Å²) >= 11 is 0. The van der Waals surface area contributed by atoms with Crippen LogP contribution in [-0.4, -0.2) is 12.5 Å². The van der Waals surface area contributed by atoms with E-state index in [-0.39, 0.29) is 5.91 Å². The molecule has 1 aromatic carbocycles. The van der Waals surface area contributed by atoms with E-state index in [0.717, 1.165) is 30.1 Å². The van der Waals surface area contributed by atoms with E-state index in [0.29, 0.717) is 12.3 Å². The average molecular weight is 232 g/mol. The van der Waals surface area contributed by atoms with Crippen molar-refractivity contribution in [1.29, 1.82) is 0 Å². The molecule has 2 unspecified atom stereocenters. The summed E-state index contributed by atoms with van der Waals surface area (Å²) in [6.45, 7) is 3.06. The highest BCUT2D eigenvalue weighted by atomic mass is 16.1. The molecule has 0 heterocycles. The highest BCUT2D eigenvalue weighted by molar-refractivity contribution is 5.76. The normalized spacial score (nSPS) is 22.2. The van der Waals surface area contributed by atoms with Gasteiger partial charge in [-0.05, 0) is 36.3 Å². The number of para-hydroxylation sites is 1. The molecule has 3 heteroatoms. The van der Waals surface area contributed by atoms with Crippen LogP contribution in [0.4, 0.5) is 5.69 Å². The van der Waals surface area contributed by atoms with Crippen molar-refractivity contribution in [3.63, 3.8) is 0 Å². The second-order valence-electron chi connectivity index (χ2n) is 4.98. The third-order valence-corrected chi connectivity index (χ3v) is 3.51. The minimum Gasteiger partial charge on any atom is -0.399 e. The molecule has 2 rings (SSSR count). The first kappa shape index (κ1) is 12.0. The Kier molecular flexibility index (Phi) is 3.67. The van der Waals surface area contributed by atoms with Crippen molar-refractivity contribution in [2.24, 2.45) is 11.8 Å². The summed E-state index contributed by atoms with van der Waals surface area (Å²) in [7, 11) is 0. The van der Waals surface area contributed by atoms with Crippen LogP contribution in [0.2, 0.25) is 0 Å². The summed E-state index contributed by atoms with van der Waals surface area (Å²) in [5.41, 5.74) is 7.66. The van der Waals surface area contributed by atoms with Crippen LogP contribution in [0.1, 0.15) is 25.3 Å². The van der Waals surface area contributed by atoms with Crippen molar-refractivity contribution >= 4 is 11.6 Å². The summed E-state index contributed by atoms with van der Waals surface area (Å²) in [6.07, 6.45) is 2.50. The third kappa shape index (κ3) is 3.48. The van der Waals surface area contributed by atoms with Crippen LogP contribution in [0.5, 0.6) is 0 Å². The van der Waals surface area contributed by atoms with E-state index in [1.54, 1.807) is 0 Å². The predicted octanol–water partition coefficient (Wildman–Crippen LogP) is 1.97. The predicted molar refractivity (Wildman–Crippen MR) is 69.5 cm³/mol. The van der Waals surface area contributed by atoms with E-state index in [1.807, 2.05) is 24.3 Å². The third-order valence-electron chi connectivity index (χ3n) is 3.51. The number of hydrogen-bond donors (Lipinski definition) is 2. The molecule has 2 atom stereocenters. The number of nitrogens with one attached hydrogen (secondary N) is 1. The minimum atomic E-state index is 0.132. The second kappa shape index (κ2) is 5.21. The van der Waals surface area contributed by atoms with Crippen molar-refractivity contribution in [3.8, 4) is 0 Å². The molecule has 0 radical (unpaired) electrons. The lowest BCUT2D eigenvalue weighted by molar-refractivity contribution is -0.121. The fourth-order valence-corrected chi connectivity index (χ4v) is 2.03. The molecule has 1 saturated carbocycles. The van der Waals surface area contributed by atoms with Gasteiger partial charge in [-0.1, -0.05) is 25.1 Å². The van der Waals surface area contributed by atoms with Gasteiger partial charge in [0.25, 0.3) is 0 Å². The number of rotatable bonds is 5. The molecule has 0 spiro atoms. The Morgan fingerprint density at radius 1 is 1.47 bits per heavy atom. The molecular formula is C14H20N2O. The van der Waals surface area contributed by atoms with Crippen LogP contribution >= 0.6 is 0 Å². The van der Waals surface area contributed by atoms with Gasteiger partial charge in [0.2, 0.25) is 5.91 Å². The van der Waals surface area contributed by atoms with Gasteiger partial charge in [0, 0.05) is 18.7 Å². The van der Waals surface area contributed by atoms with E-state index in [9.17, 15) is 4.79 Å². The maximum absolute atomic E-state index is 11.6. The van der Waals surface area contributed by atoms with Crippen LogP contribution < -0.4 is 11.1 Å². The summed E-state index contributed by atoms with van der Waals surface area (Å²) in [5.74, 6) is 1.63. The van der Waals surface area contributed by atoms with Gasteiger partial charge in [-0.2, -0.15) is 0 Å². The molecular weight excluding hydrogens is 212 g/mol. The smallest absolute Gasteiger partial charge is 0.220 e. The number of nitrogens with two attached hydrogens (primary N) is 1. The van der Waals surface area contributed by atoms with Gasteiger partial charge >= 0.3 is 0 Å². The molecule has 1 aliphatic rings. The lowest BCUT2D eigenvalue weighted by atomic mass is 10.1. The Balaban J connectivity index is 1.70. The lowest BCUT2D eigenvalue weighted by Crippen LogP contribution is -2.26. The molecule has 0 aromatic heterocycles.